The molecule has 3 aromatic rings. The smallest absolute Gasteiger partial charge is 0.0715 e. The number of allylic oxidation sites excluding steroid dienone is 2. The summed E-state index contributed by atoms with van der Waals surface area (Å²) >= 11 is 0. The number of aromatic nitrogens is 1. The van der Waals surface area contributed by atoms with Crippen LogP contribution in [0.5, 0.6) is 0 Å². The third kappa shape index (κ3) is 3.16. The molecule has 0 aliphatic carbocycles. The minimum atomic E-state index is 0.959. The van der Waals surface area contributed by atoms with Crippen LogP contribution >= 0.6 is 0 Å². The van der Waals surface area contributed by atoms with Crippen molar-refractivity contribution >= 4 is 22.2 Å². The van der Waals surface area contributed by atoms with Gasteiger partial charge in [-0.3, -0.25) is 0 Å². The number of rotatable bonds is 4. The summed E-state index contributed by atoms with van der Waals surface area (Å²) in [6, 6.07) is 20.8. The van der Waals surface area contributed by atoms with Crippen LogP contribution in [0.4, 0.5) is 5.69 Å². The van der Waals surface area contributed by atoms with Crippen LogP contribution in [0.3, 0.4) is 0 Å². The van der Waals surface area contributed by atoms with Crippen molar-refractivity contribution in [3.05, 3.63) is 90.7 Å². The van der Waals surface area contributed by atoms with Crippen molar-refractivity contribution < 1.29 is 0 Å². The van der Waals surface area contributed by atoms with Gasteiger partial charge in [-0.2, -0.15) is 0 Å². The van der Waals surface area contributed by atoms with Crippen molar-refractivity contribution in [2.24, 2.45) is 0 Å². The van der Waals surface area contributed by atoms with Crippen LogP contribution in [0.1, 0.15) is 11.3 Å². The SMILES string of the molecule is C=CC=C(c1ccc(N(C)C)cc1)c1ccc2ccccc2n1. The van der Waals surface area contributed by atoms with E-state index in [1.807, 2.05) is 44.4 Å². The summed E-state index contributed by atoms with van der Waals surface area (Å²) in [5.74, 6) is 0. The van der Waals surface area contributed by atoms with Gasteiger partial charge in [-0.25, -0.2) is 4.98 Å². The van der Waals surface area contributed by atoms with Crippen molar-refractivity contribution in [1.82, 2.24) is 4.98 Å². The zero-order valence-corrected chi connectivity index (χ0v) is 13.5. The molecule has 0 atom stereocenters. The second-order valence-electron chi connectivity index (χ2n) is 5.65. The van der Waals surface area contributed by atoms with Crippen LogP contribution in [0, 0.1) is 0 Å². The van der Waals surface area contributed by atoms with E-state index in [1.54, 1.807) is 0 Å². The number of para-hydroxylation sites is 1. The molecule has 0 fully saturated rings. The van der Waals surface area contributed by atoms with Gasteiger partial charge in [0.15, 0.2) is 0 Å². The molecule has 0 amide bonds. The topological polar surface area (TPSA) is 16.1 Å². The second-order valence-corrected chi connectivity index (χ2v) is 5.65. The maximum atomic E-state index is 4.80. The average molecular weight is 300 g/mol. The summed E-state index contributed by atoms with van der Waals surface area (Å²) in [4.78, 5) is 6.89. The van der Waals surface area contributed by atoms with Crippen LogP contribution < -0.4 is 4.90 Å². The lowest BCUT2D eigenvalue weighted by Gasteiger charge is -2.14. The van der Waals surface area contributed by atoms with Gasteiger partial charge in [-0.1, -0.05) is 55.1 Å². The van der Waals surface area contributed by atoms with Crippen LogP contribution in [-0.4, -0.2) is 19.1 Å². The number of nitrogens with zero attached hydrogens (tertiary/aromatic N) is 2. The number of anilines is 1. The van der Waals surface area contributed by atoms with Crippen molar-refractivity contribution in [3.8, 4) is 0 Å². The van der Waals surface area contributed by atoms with Crippen LogP contribution in [0.25, 0.3) is 16.5 Å². The van der Waals surface area contributed by atoms with Crippen molar-refractivity contribution in [2.45, 2.75) is 0 Å². The van der Waals surface area contributed by atoms with Crippen LogP contribution in [0.2, 0.25) is 0 Å². The lowest BCUT2D eigenvalue weighted by Crippen LogP contribution is -2.08. The average Bonchev–Trinajstić information content (AvgIpc) is 2.59. The standard InChI is InChI=1S/C21H20N2/c1-4-7-19(16-10-13-18(14-11-16)23(2)3)21-15-12-17-8-5-6-9-20(17)22-21/h4-15H,1H2,2-3H3. The third-order valence-corrected chi connectivity index (χ3v) is 3.85. The van der Waals surface area contributed by atoms with E-state index < -0.39 is 0 Å². The summed E-state index contributed by atoms with van der Waals surface area (Å²) in [6.07, 6.45) is 3.83. The Labute approximate surface area is 137 Å². The zero-order chi connectivity index (χ0) is 16.2. The first kappa shape index (κ1) is 15.0. The summed E-state index contributed by atoms with van der Waals surface area (Å²) in [5, 5.41) is 1.15. The first-order valence-electron chi connectivity index (χ1n) is 7.65. The van der Waals surface area contributed by atoms with Gasteiger partial charge >= 0.3 is 0 Å². The van der Waals surface area contributed by atoms with Gasteiger partial charge in [0, 0.05) is 30.7 Å². The summed E-state index contributed by atoms with van der Waals surface area (Å²) in [5.41, 5.74) is 5.36. The fourth-order valence-corrected chi connectivity index (χ4v) is 2.60. The highest BCUT2D eigenvalue weighted by molar-refractivity contribution is 5.85. The molecule has 1 aromatic heterocycles. The molecule has 23 heavy (non-hydrogen) atoms. The highest BCUT2D eigenvalue weighted by atomic mass is 15.1. The molecule has 114 valence electrons. The Bertz CT molecular complexity index is 858. The second kappa shape index (κ2) is 6.49. The van der Waals surface area contributed by atoms with Gasteiger partial charge in [0.05, 0.1) is 11.2 Å². The number of hydrogen-bond donors (Lipinski definition) is 0. The molecule has 0 N–H and O–H groups in total. The molecule has 0 unspecified atom stereocenters. The Kier molecular flexibility index (Phi) is 4.24. The van der Waals surface area contributed by atoms with Gasteiger partial charge in [0.1, 0.15) is 0 Å². The molecule has 0 radical (unpaired) electrons. The van der Waals surface area contributed by atoms with Gasteiger partial charge in [-0.05, 0) is 29.8 Å². The van der Waals surface area contributed by atoms with E-state index >= 15 is 0 Å². The van der Waals surface area contributed by atoms with Gasteiger partial charge in [0.25, 0.3) is 0 Å². The molecule has 0 saturated heterocycles. The molecular formula is C21H20N2. The number of benzene rings is 2. The molecule has 2 nitrogen and oxygen atoms in total. The molecule has 1 heterocycles. The molecule has 0 aliphatic rings. The van der Waals surface area contributed by atoms with Gasteiger partial charge in [-0.15, -0.1) is 0 Å². The minimum Gasteiger partial charge on any atom is -0.378 e. The van der Waals surface area contributed by atoms with Crippen molar-refractivity contribution in [2.75, 3.05) is 19.0 Å². The maximum Gasteiger partial charge on any atom is 0.0715 e. The Morgan fingerprint density at radius 2 is 1.70 bits per heavy atom. The Hall–Kier alpha value is -2.87. The molecular weight excluding hydrogens is 280 g/mol. The summed E-state index contributed by atoms with van der Waals surface area (Å²) in [7, 11) is 4.08. The van der Waals surface area contributed by atoms with E-state index in [9.17, 15) is 0 Å². The molecule has 3 rings (SSSR count). The lowest BCUT2D eigenvalue weighted by atomic mass is 10.0. The highest BCUT2D eigenvalue weighted by Crippen LogP contribution is 2.26. The molecule has 2 heteroatoms. The molecule has 2 aromatic carbocycles. The normalized spacial score (nSPS) is 11.5. The van der Waals surface area contributed by atoms with E-state index in [2.05, 4.69) is 53.9 Å². The largest absolute Gasteiger partial charge is 0.378 e. The molecule has 0 bridgehead atoms. The molecule has 0 aliphatic heterocycles. The van der Waals surface area contributed by atoms with Crippen LogP contribution in [-0.2, 0) is 0 Å². The van der Waals surface area contributed by atoms with Crippen molar-refractivity contribution in [3.63, 3.8) is 0 Å². The Morgan fingerprint density at radius 3 is 2.39 bits per heavy atom. The maximum absolute atomic E-state index is 4.80. The fourth-order valence-electron chi connectivity index (χ4n) is 2.60. The first-order valence-corrected chi connectivity index (χ1v) is 7.65. The van der Waals surface area contributed by atoms with Gasteiger partial charge < -0.3 is 4.90 Å². The monoisotopic (exact) mass is 300 g/mol. The Morgan fingerprint density at radius 1 is 0.957 bits per heavy atom. The predicted octanol–water partition coefficient (Wildman–Crippen LogP) is 4.92. The van der Waals surface area contributed by atoms with E-state index in [0.717, 1.165) is 27.7 Å². The van der Waals surface area contributed by atoms with Gasteiger partial charge in [0.2, 0.25) is 0 Å². The lowest BCUT2D eigenvalue weighted by molar-refractivity contribution is 1.13. The fraction of sp³-hybridized carbons (Fsp3) is 0.0952. The molecule has 0 spiro atoms. The van der Waals surface area contributed by atoms with E-state index in [1.165, 1.54) is 5.69 Å². The third-order valence-electron chi connectivity index (χ3n) is 3.85. The predicted molar refractivity (Wildman–Crippen MR) is 99.8 cm³/mol. The quantitative estimate of drug-likeness (QED) is 0.636. The first-order chi connectivity index (χ1) is 11.2. The number of pyridine rings is 1. The molecule has 0 saturated carbocycles. The Balaban J connectivity index is 2.06. The van der Waals surface area contributed by atoms with E-state index in [0.29, 0.717) is 0 Å². The van der Waals surface area contributed by atoms with Crippen LogP contribution in [0.15, 0.2) is 79.4 Å². The summed E-state index contributed by atoms with van der Waals surface area (Å²) in [6.45, 7) is 3.85. The number of hydrogen-bond acceptors (Lipinski definition) is 2. The van der Waals surface area contributed by atoms with Crippen molar-refractivity contribution in [1.29, 1.82) is 0 Å². The highest BCUT2D eigenvalue weighted by Gasteiger charge is 2.07. The minimum absolute atomic E-state index is 0.959. The van der Waals surface area contributed by atoms with E-state index in [-0.39, 0.29) is 0 Å². The zero-order valence-electron chi connectivity index (χ0n) is 13.5. The van der Waals surface area contributed by atoms with E-state index in [4.69, 9.17) is 4.98 Å². The summed E-state index contributed by atoms with van der Waals surface area (Å²) < 4.78 is 0. The number of fused-ring (bicyclic) bond motifs is 1.